The monoisotopic (exact) mass is 326 g/mol. The maximum atomic E-state index is 12.0. The standard InChI is InChI=1S/C19H26N4O/c1-15(17-9-8-16-6-2-3-7-18(16)14-17)22-19(24)20-10-4-12-23-13-5-11-21-23/h5,8-9,11,13-15H,2-4,6-7,10,12H2,1H3,(H2,20,22,24). The van der Waals surface area contributed by atoms with Crippen molar-refractivity contribution in [2.75, 3.05) is 6.54 Å². The fourth-order valence-electron chi connectivity index (χ4n) is 3.23. The average molecular weight is 326 g/mol. The molecule has 0 spiro atoms. The Hall–Kier alpha value is -2.30. The topological polar surface area (TPSA) is 59.0 Å². The Morgan fingerprint density at radius 3 is 2.92 bits per heavy atom. The summed E-state index contributed by atoms with van der Waals surface area (Å²) in [6.07, 6.45) is 9.47. The summed E-state index contributed by atoms with van der Waals surface area (Å²) in [6.45, 7) is 3.49. The van der Waals surface area contributed by atoms with Gasteiger partial charge in [-0.25, -0.2) is 4.79 Å². The lowest BCUT2D eigenvalue weighted by Crippen LogP contribution is -2.37. The summed E-state index contributed by atoms with van der Waals surface area (Å²) in [5, 5.41) is 10.1. The van der Waals surface area contributed by atoms with Crippen LogP contribution in [0, 0.1) is 0 Å². The second kappa shape index (κ2) is 7.99. The fraction of sp³-hybridized carbons (Fsp3) is 0.474. The highest BCUT2D eigenvalue weighted by molar-refractivity contribution is 5.74. The summed E-state index contributed by atoms with van der Waals surface area (Å²) in [7, 11) is 0. The summed E-state index contributed by atoms with van der Waals surface area (Å²) < 4.78 is 1.87. The third kappa shape index (κ3) is 4.37. The van der Waals surface area contributed by atoms with Crippen LogP contribution in [0.25, 0.3) is 0 Å². The molecular formula is C19H26N4O. The molecule has 128 valence electrons. The highest BCUT2D eigenvalue weighted by Gasteiger charge is 2.13. The number of hydrogen-bond acceptors (Lipinski definition) is 2. The number of fused-ring (bicyclic) bond motifs is 1. The number of aromatic nitrogens is 2. The summed E-state index contributed by atoms with van der Waals surface area (Å²) in [5.41, 5.74) is 4.11. The van der Waals surface area contributed by atoms with Crippen LogP contribution in [0.15, 0.2) is 36.7 Å². The minimum Gasteiger partial charge on any atom is -0.338 e. The number of nitrogens with one attached hydrogen (secondary N) is 2. The van der Waals surface area contributed by atoms with Crippen LogP contribution in [-0.2, 0) is 19.4 Å². The van der Waals surface area contributed by atoms with E-state index in [1.54, 1.807) is 6.20 Å². The highest BCUT2D eigenvalue weighted by Crippen LogP contribution is 2.24. The summed E-state index contributed by atoms with van der Waals surface area (Å²) in [5.74, 6) is 0. The number of nitrogens with zero attached hydrogens (tertiary/aromatic N) is 2. The lowest BCUT2D eigenvalue weighted by atomic mass is 9.89. The van der Waals surface area contributed by atoms with Gasteiger partial charge in [-0.15, -0.1) is 0 Å². The second-order valence-electron chi connectivity index (χ2n) is 6.48. The van der Waals surface area contributed by atoms with Crippen molar-refractivity contribution in [3.8, 4) is 0 Å². The lowest BCUT2D eigenvalue weighted by molar-refractivity contribution is 0.237. The van der Waals surface area contributed by atoms with Crippen molar-refractivity contribution in [2.45, 2.75) is 51.6 Å². The molecule has 1 aromatic carbocycles. The van der Waals surface area contributed by atoms with Crippen molar-refractivity contribution in [3.63, 3.8) is 0 Å². The zero-order chi connectivity index (χ0) is 16.8. The van der Waals surface area contributed by atoms with Crippen LogP contribution in [0.2, 0.25) is 0 Å². The van der Waals surface area contributed by atoms with E-state index in [4.69, 9.17) is 0 Å². The Labute approximate surface area is 143 Å². The van der Waals surface area contributed by atoms with Gasteiger partial charge in [0.1, 0.15) is 0 Å². The number of carbonyl (C=O) groups is 1. The maximum Gasteiger partial charge on any atom is 0.315 e. The maximum absolute atomic E-state index is 12.0. The number of carbonyl (C=O) groups excluding carboxylic acids is 1. The Bertz CT molecular complexity index is 666. The van der Waals surface area contributed by atoms with E-state index in [1.165, 1.54) is 36.0 Å². The Balaban J connectivity index is 1.43. The number of aryl methyl sites for hydroxylation is 3. The van der Waals surface area contributed by atoms with Gasteiger partial charge in [-0.2, -0.15) is 5.10 Å². The largest absolute Gasteiger partial charge is 0.338 e. The number of benzene rings is 1. The first-order chi connectivity index (χ1) is 11.7. The molecule has 0 aliphatic heterocycles. The molecule has 5 nitrogen and oxygen atoms in total. The van der Waals surface area contributed by atoms with E-state index in [-0.39, 0.29) is 12.1 Å². The molecule has 3 rings (SSSR count). The molecule has 1 unspecified atom stereocenters. The smallest absolute Gasteiger partial charge is 0.315 e. The average Bonchev–Trinajstić information content (AvgIpc) is 3.11. The van der Waals surface area contributed by atoms with Gasteiger partial charge >= 0.3 is 6.03 Å². The first-order valence-corrected chi connectivity index (χ1v) is 8.86. The molecule has 2 N–H and O–H groups in total. The SMILES string of the molecule is CC(NC(=O)NCCCn1cccn1)c1ccc2c(c1)CCCC2. The fourth-order valence-corrected chi connectivity index (χ4v) is 3.23. The predicted octanol–water partition coefficient (Wildman–Crippen LogP) is 3.21. The van der Waals surface area contributed by atoms with Crippen LogP contribution in [0.5, 0.6) is 0 Å². The van der Waals surface area contributed by atoms with Crippen molar-refractivity contribution in [2.24, 2.45) is 0 Å². The molecule has 1 aliphatic carbocycles. The number of hydrogen-bond donors (Lipinski definition) is 2. The molecule has 1 heterocycles. The zero-order valence-corrected chi connectivity index (χ0v) is 14.3. The zero-order valence-electron chi connectivity index (χ0n) is 14.3. The molecule has 0 saturated carbocycles. The molecule has 1 atom stereocenters. The first-order valence-electron chi connectivity index (χ1n) is 8.86. The van der Waals surface area contributed by atoms with Gasteiger partial charge < -0.3 is 10.6 Å². The van der Waals surface area contributed by atoms with Crippen molar-refractivity contribution in [1.82, 2.24) is 20.4 Å². The molecule has 1 aliphatic rings. The van der Waals surface area contributed by atoms with Crippen molar-refractivity contribution in [1.29, 1.82) is 0 Å². The van der Waals surface area contributed by atoms with E-state index >= 15 is 0 Å². The molecule has 0 saturated heterocycles. The predicted molar refractivity (Wildman–Crippen MR) is 94.9 cm³/mol. The Morgan fingerprint density at radius 1 is 1.29 bits per heavy atom. The Kier molecular flexibility index (Phi) is 5.51. The van der Waals surface area contributed by atoms with E-state index in [1.807, 2.05) is 23.9 Å². The first kappa shape index (κ1) is 16.6. The van der Waals surface area contributed by atoms with E-state index in [9.17, 15) is 4.79 Å². The summed E-state index contributed by atoms with van der Waals surface area (Å²) in [4.78, 5) is 12.0. The van der Waals surface area contributed by atoms with Crippen LogP contribution in [0.1, 0.15) is 48.9 Å². The van der Waals surface area contributed by atoms with Gasteiger partial charge in [0, 0.05) is 25.5 Å². The molecule has 1 aromatic heterocycles. The number of urea groups is 1. The normalized spacial score (nSPS) is 14.7. The molecule has 24 heavy (non-hydrogen) atoms. The van der Waals surface area contributed by atoms with Crippen molar-refractivity contribution < 1.29 is 4.79 Å². The molecule has 2 amide bonds. The van der Waals surface area contributed by atoms with Gasteiger partial charge in [0.25, 0.3) is 0 Å². The van der Waals surface area contributed by atoms with E-state index in [2.05, 4.69) is 33.9 Å². The highest BCUT2D eigenvalue weighted by atomic mass is 16.2. The van der Waals surface area contributed by atoms with E-state index in [0.717, 1.165) is 19.4 Å². The van der Waals surface area contributed by atoms with Gasteiger partial charge in [-0.3, -0.25) is 4.68 Å². The van der Waals surface area contributed by atoms with Gasteiger partial charge in [0.05, 0.1) is 6.04 Å². The van der Waals surface area contributed by atoms with Gasteiger partial charge in [-0.05, 0) is 61.8 Å². The molecular weight excluding hydrogens is 300 g/mol. The van der Waals surface area contributed by atoms with Gasteiger partial charge in [-0.1, -0.05) is 18.2 Å². The van der Waals surface area contributed by atoms with Crippen LogP contribution >= 0.6 is 0 Å². The van der Waals surface area contributed by atoms with Crippen LogP contribution in [-0.4, -0.2) is 22.4 Å². The van der Waals surface area contributed by atoms with Gasteiger partial charge in [0.2, 0.25) is 0 Å². The lowest BCUT2D eigenvalue weighted by Gasteiger charge is -2.20. The van der Waals surface area contributed by atoms with Crippen molar-refractivity contribution >= 4 is 6.03 Å². The Morgan fingerprint density at radius 2 is 2.12 bits per heavy atom. The number of rotatable bonds is 6. The molecule has 0 fully saturated rings. The molecule has 2 aromatic rings. The quantitative estimate of drug-likeness (QED) is 0.801. The summed E-state index contributed by atoms with van der Waals surface area (Å²) >= 11 is 0. The van der Waals surface area contributed by atoms with Gasteiger partial charge in [0.15, 0.2) is 0 Å². The third-order valence-electron chi connectivity index (χ3n) is 4.63. The van der Waals surface area contributed by atoms with Crippen LogP contribution in [0.3, 0.4) is 0 Å². The van der Waals surface area contributed by atoms with E-state index < -0.39 is 0 Å². The molecule has 0 bridgehead atoms. The third-order valence-corrected chi connectivity index (χ3v) is 4.63. The number of amides is 2. The minimum atomic E-state index is -0.110. The molecule has 5 heteroatoms. The summed E-state index contributed by atoms with van der Waals surface area (Å²) in [6, 6.07) is 8.44. The van der Waals surface area contributed by atoms with Crippen LogP contribution < -0.4 is 10.6 Å². The minimum absolute atomic E-state index is 0.0170. The molecule has 0 radical (unpaired) electrons. The van der Waals surface area contributed by atoms with Crippen molar-refractivity contribution in [3.05, 3.63) is 53.3 Å². The van der Waals surface area contributed by atoms with Crippen LogP contribution in [0.4, 0.5) is 4.79 Å². The van der Waals surface area contributed by atoms with E-state index in [0.29, 0.717) is 6.54 Å². The second-order valence-corrected chi connectivity index (χ2v) is 6.48.